The van der Waals surface area contributed by atoms with Gasteiger partial charge in [-0.15, -0.1) is 5.10 Å². The number of halogens is 1. The van der Waals surface area contributed by atoms with Crippen LogP contribution in [0.25, 0.3) is 11.0 Å². The maximum Gasteiger partial charge on any atom is 0.251 e. The SMILES string of the molecule is COCCNC(=O)[C@H](c1ccc(C)o1)N(C(=O)Cn1nnc2ccccc21)c1ccc(Cl)cc1. The summed E-state index contributed by atoms with van der Waals surface area (Å²) < 4.78 is 12.4. The molecule has 2 heterocycles. The van der Waals surface area contributed by atoms with E-state index in [0.717, 1.165) is 0 Å². The summed E-state index contributed by atoms with van der Waals surface area (Å²) in [7, 11) is 1.55. The normalized spacial score (nSPS) is 12.0. The number of hydrogen-bond donors (Lipinski definition) is 1. The van der Waals surface area contributed by atoms with E-state index in [1.54, 1.807) is 50.4 Å². The molecule has 1 N–H and O–H groups in total. The molecule has 0 unspecified atom stereocenters. The van der Waals surface area contributed by atoms with Gasteiger partial charge in [-0.05, 0) is 55.5 Å². The van der Waals surface area contributed by atoms with Gasteiger partial charge < -0.3 is 14.5 Å². The average molecular weight is 482 g/mol. The average Bonchev–Trinajstić information content (AvgIpc) is 3.44. The minimum Gasteiger partial charge on any atom is -0.464 e. The van der Waals surface area contributed by atoms with Gasteiger partial charge in [0.15, 0.2) is 6.04 Å². The number of rotatable bonds is 9. The van der Waals surface area contributed by atoms with Crippen molar-refractivity contribution < 1.29 is 18.7 Å². The number of furan rings is 1. The highest BCUT2D eigenvalue weighted by Gasteiger charge is 2.35. The number of carbonyl (C=O) groups excluding carboxylic acids is 2. The highest BCUT2D eigenvalue weighted by molar-refractivity contribution is 6.30. The lowest BCUT2D eigenvalue weighted by Crippen LogP contribution is -2.45. The van der Waals surface area contributed by atoms with Crippen molar-refractivity contribution in [1.82, 2.24) is 20.3 Å². The molecule has 176 valence electrons. The van der Waals surface area contributed by atoms with Crippen LogP contribution in [0.1, 0.15) is 17.6 Å². The molecule has 0 saturated heterocycles. The smallest absolute Gasteiger partial charge is 0.251 e. The van der Waals surface area contributed by atoms with Crippen LogP contribution < -0.4 is 10.2 Å². The molecule has 10 heteroatoms. The van der Waals surface area contributed by atoms with Crippen LogP contribution in [0.2, 0.25) is 5.02 Å². The van der Waals surface area contributed by atoms with Crippen LogP contribution >= 0.6 is 11.6 Å². The summed E-state index contributed by atoms with van der Waals surface area (Å²) >= 11 is 6.09. The number of aromatic nitrogens is 3. The van der Waals surface area contributed by atoms with Crippen LogP contribution in [0.3, 0.4) is 0 Å². The van der Waals surface area contributed by atoms with Crippen LogP contribution in [0.4, 0.5) is 5.69 Å². The largest absolute Gasteiger partial charge is 0.464 e. The molecule has 34 heavy (non-hydrogen) atoms. The molecule has 0 spiro atoms. The number of nitrogens with one attached hydrogen (secondary N) is 1. The van der Waals surface area contributed by atoms with Gasteiger partial charge in [0.05, 0.1) is 12.1 Å². The first-order valence-corrected chi connectivity index (χ1v) is 11.0. The van der Waals surface area contributed by atoms with Gasteiger partial charge in [-0.2, -0.15) is 0 Å². The number of methoxy groups -OCH3 is 1. The van der Waals surface area contributed by atoms with Gasteiger partial charge in [0, 0.05) is 24.4 Å². The second-order valence-electron chi connectivity index (χ2n) is 7.61. The van der Waals surface area contributed by atoms with E-state index in [-0.39, 0.29) is 19.0 Å². The maximum absolute atomic E-state index is 13.8. The van der Waals surface area contributed by atoms with E-state index in [1.807, 2.05) is 24.3 Å². The van der Waals surface area contributed by atoms with Crippen molar-refractivity contribution in [3.8, 4) is 0 Å². The Hall–Kier alpha value is -3.69. The zero-order valence-corrected chi connectivity index (χ0v) is 19.5. The van der Waals surface area contributed by atoms with E-state index in [0.29, 0.717) is 39.9 Å². The number of aryl methyl sites for hydroxylation is 1. The first-order valence-electron chi connectivity index (χ1n) is 10.7. The van der Waals surface area contributed by atoms with E-state index in [9.17, 15) is 9.59 Å². The Bertz CT molecular complexity index is 1280. The van der Waals surface area contributed by atoms with Crippen molar-refractivity contribution in [3.63, 3.8) is 0 Å². The molecule has 0 radical (unpaired) electrons. The molecule has 4 rings (SSSR count). The van der Waals surface area contributed by atoms with Gasteiger partial charge in [-0.1, -0.05) is 28.9 Å². The molecular weight excluding hydrogens is 458 g/mol. The number of benzene rings is 2. The number of fused-ring (bicyclic) bond motifs is 1. The highest BCUT2D eigenvalue weighted by Crippen LogP contribution is 2.30. The quantitative estimate of drug-likeness (QED) is 0.367. The van der Waals surface area contributed by atoms with Crippen molar-refractivity contribution in [1.29, 1.82) is 0 Å². The number of nitrogens with zero attached hydrogens (tertiary/aromatic N) is 4. The second-order valence-corrected chi connectivity index (χ2v) is 8.05. The van der Waals surface area contributed by atoms with E-state index < -0.39 is 11.9 Å². The van der Waals surface area contributed by atoms with Crippen molar-refractivity contribution in [2.75, 3.05) is 25.2 Å². The van der Waals surface area contributed by atoms with Crippen LogP contribution in [-0.2, 0) is 20.9 Å². The van der Waals surface area contributed by atoms with Crippen molar-refractivity contribution in [2.24, 2.45) is 0 Å². The topological polar surface area (TPSA) is 102 Å². The molecular formula is C24H24ClN5O4. The highest BCUT2D eigenvalue weighted by atomic mass is 35.5. The second kappa shape index (κ2) is 10.5. The first kappa shape index (κ1) is 23.5. The zero-order valence-electron chi connectivity index (χ0n) is 18.8. The Labute approximate surface area is 201 Å². The summed E-state index contributed by atoms with van der Waals surface area (Å²) in [5.41, 5.74) is 1.87. The van der Waals surface area contributed by atoms with Gasteiger partial charge in [0.2, 0.25) is 5.91 Å². The number of ether oxygens (including phenoxy) is 1. The van der Waals surface area contributed by atoms with Gasteiger partial charge in [-0.3, -0.25) is 14.5 Å². The third-order valence-corrected chi connectivity index (χ3v) is 5.47. The van der Waals surface area contributed by atoms with Crippen LogP contribution in [0.15, 0.2) is 65.1 Å². The molecule has 0 saturated carbocycles. The molecule has 2 amide bonds. The van der Waals surface area contributed by atoms with Crippen LogP contribution in [-0.4, -0.2) is 47.1 Å². The summed E-state index contributed by atoms with van der Waals surface area (Å²) in [5, 5.41) is 11.6. The Kier molecular flexibility index (Phi) is 7.24. The van der Waals surface area contributed by atoms with Crippen molar-refractivity contribution in [3.05, 3.63) is 77.2 Å². The summed E-state index contributed by atoms with van der Waals surface area (Å²) in [6.45, 7) is 2.25. The number of amides is 2. The van der Waals surface area contributed by atoms with E-state index in [4.69, 9.17) is 20.8 Å². The van der Waals surface area contributed by atoms with Crippen molar-refractivity contribution in [2.45, 2.75) is 19.5 Å². The standard InChI is InChI=1S/C24H24ClN5O4/c1-16-7-12-21(34-16)23(24(32)26-13-14-33-2)30(18-10-8-17(25)9-11-18)22(31)15-29-20-6-4-3-5-19(20)27-28-29/h3-12,23H,13-15H2,1-2H3,(H,26,32)/t23-/m0/s1. The zero-order chi connectivity index (χ0) is 24.1. The molecule has 0 aliphatic heterocycles. The summed E-state index contributed by atoms with van der Waals surface area (Å²) in [6.07, 6.45) is 0. The fraction of sp³-hybridized carbons (Fsp3) is 0.250. The molecule has 2 aromatic heterocycles. The lowest BCUT2D eigenvalue weighted by Gasteiger charge is -2.30. The Balaban J connectivity index is 1.75. The molecule has 0 bridgehead atoms. The number of hydrogen-bond acceptors (Lipinski definition) is 6. The summed E-state index contributed by atoms with van der Waals surface area (Å²) in [4.78, 5) is 28.5. The van der Waals surface area contributed by atoms with Crippen LogP contribution in [0.5, 0.6) is 0 Å². The Morgan fingerprint density at radius 1 is 1.15 bits per heavy atom. The lowest BCUT2D eigenvalue weighted by atomic mass is 10.1. The maximum atomic E-state index is 13.8. The fourth-order valence-electron chi connectivity index (χ4n) is 3.62. The molecule has 1 atom stereocenters. The van der Waals surface area contributed by atoms with E-state index >= 15 is 0 Å². The minimum absolute atomic E-state index is 0.134. The predicted molar refractivity (Wildman–Crippen MR) is 128 cm³/mol. The molecule has 4 aromatic rings. The lowest BCUT2D eigenvalue weighted by molar-refractivity contribution is -0.127. The third-order valence-electron chi connectivity index (χ3n) is 5.22. The monoisotopic (exact) mass is 481 g/mol. The number of anilines is 1. The van der Waals surface area contributed by atoms with Crippen LogP contribution in [0, 0.1) is 6.92 Å². The fourth-order valence-corrected chi connectivity index (χ4v) is 3.75. The molecule has 9 nitrogen and oxygen atoms in total. The minimum atomic E-state index is -1.06. The van der Waals surface area contributed by atoms with E-state index in [2.05, 4.69) is 15.6 Å². The Morgan fingerprint density at radius 2 is 1.91 bits per heavy atom. The number of carbonyl (C=O) groups is 2. The van der Waals surface area contributed by atoms with Gasteiger partial charge in [0.1, 0.15) is 23.6 Å². The molecule has 0 aliphatic rings. The first-order chi connectivity index (χ1) is 16.5. The summed E-state index contributed by atoms with van der Waals surface area (Å²) in [6, 6.07) is 16.4. The predicted octanol–water partition coefficient (Wildman–Crippen LogP) is 3.52. The molecule has 2 aromatic carbocycles. The van der Waals surface area contributed by atoms with Gasteiger partial charge >= 0.3 is 0 Å². The van der Waals surface area contributed by atoms with Gasteiger partial charge in [0.25, 0.3) is 5.91 Å². The molecule has 0 aliphatic carbocycles. The van der Waals surface area contributed by atoms with Gasteiger partial charge in [-0.25, -0.2) is 4.68 Å². The Morgan fingerprint density at radius 3 is 2.62 bits per heavy atom. The van der Waals surface area contributed by atoms with E-state index in [1.165, 1.54) is 9.58 Å². The number of para-hydroxylation sites is 1. The summed E-state index contributed by atoms with van der Waals surface area (Å²) in [5.74, 6) is 0.173. The molecule has 0 fully saturated rings. The third kappa shape index (κ3) is 5.11. The van der Waals surface area contributed by atoms with Crippen molar-refractivity contribution >= 4 is 40.1 Å².